The van der Waals surface area contributed by atoms with Crippen LogP contribution in [-0.4, -0.2) is 24.2 Å². The highest BCUT2D eigenvalue weighted by Crippen LogP contribution is 2.10. The van der Waals surface area contributed by atoms with Crippen molar-refractivity contribution in [3.8, 4) is 0 Å². The third-order valence-corrected chi connectivity index (χ3v) is 2.84. The minimum Gasteiger partial charge on any atom is -0.396 e. The van der Waals surface area contributed by atoms with Crippen LogP contribution in [-0.2, 0) is 0 Å². The number of hydrogen-bond donors (Lipinski definition) is 2. The van der Waals surface area contributed by atoms with Crippen molar-refractivity contribution in [1.29, 1.82) is 0 Å². The Morgan fingerprint density at radius 1 is 1.44 bits per heavy atom. The third kappa shape index (κ3) is 4.07. The standard InChI is InChI=1S/C13H17F2NO2/c1-2-9(5-6-17)8-16-13(18)11-7-10(14)3-4-12(11)15/h3-4,7,9,17H,2,5-6,8H2,1H3,(H,16,18). The van der Waals surface area contributed by atoms with Gasteiger partial charge in [0.1, 0.15) is 11.6 Å². The molecule has 0 fully saturated rings. The Labute approximate surface area is 105 Å². The molecule has 18 heavy (non-hydrogen) atoms. The fourth-order valence-corrected chi connectivity index (χ4v) is 1.64. The predicted molar refractivity (Wildman–Crippen MR) is 64.2 cm³/mol. The molecule has 5 heteroatoms. The van der Waals surface area contributed by atoms with E-state index >= 15 is 0 Å². The van der Waals surface area contributed by atoms with Gasteiger partial charge in [-0.25, -0.2) is 8.78 Å². The summed E-state index contributed by atoms with van der Waals surface area (Å²) in [5.74, 6) is -1.90. The van der Waals surface area contributed by atoms with Gasteiger partial charge in [-0.2, -0.15) is 0 Å². The van der Waals surface area contributed by atoms with E-state index in [0.717, 1.165) is 24.6 Å². The van der Waals surface area contributed by atoms with Gasteiger partial charge in [-0.1, -0.05) is 13.3 Å². The Balaban J connectivity index is 2.62. The van der Waals surface area contributed by atoms with Crippen LogP contribution in [0.1, 0.15) is 30.1 Å². The lowest BCUT2D eigenvalue weighted by atomic mass is 10.0. The van der Waals surface area contributed by atoms with Crippen LogP contribution in [0.5, 0.6) is 0 Å². The highest BCUT2D eigenvalue weighted by Gasteiger charge is 2.14. The second-order valence-corrected chi connectivity index (χ2v) is 4.12. The number of halogens is 2. The van der Waals surface area contributed by atoms with Crippen LogP contribution in [0, 0.1) is 17.6 Å². The van der Waals surface area contributed by atoms with Gasteiger partial charge in [-0.15, -0.1) is 0 Å². The Bertz CT molecular complexity index is 410. The SMILES string of the molecule is CCC(CCO)CNC(=O)c1cc(F)ccc1F. The van der Waals surface area contributed by atoms with Crippen molar-refractivity contribution in [3.05, 3.63) is 35.4 Å². The molecule has 0 saturated heterocycles. The highest BCUT2D eigenvalue weighted by molar-refractivity contribution is 5.94. The molecule has 2 N–H and O–H groups in total. The van der Waals surface area contributed by atoms with Crippen LogP contribution in [0.15, 0.2) is 18.2 Å². The fraction of sp³-hybridized carbons (Fsp3) is 0.462. The molecular weight excluding hydrogens is 240 g/mol. The highest BCUT2D eigenvalue weighted by atomic mass is 19.1. The summed E-state index contributed by atoms with van der Waals surface area (Å²) in [7, 11) is 0. The summed E-state index contributed by atoms with van der Waals surface area (Å²) in [6.07, 6.45) is 1.37. The van der Waals surface area contributed by atoms with Crippen molar-refractivity contribution in [2.45, 2.75) is 19.8 Å². The minimum atomic E-state index is -0.746. The maximum absolute atomic E-state index is 13.3. The molecule has 0 aliphatic rings. The average Bonchev–Trinajstić information content (AvgIpc) is 2.37. The molecule has 1 unspecified atom stereocenters. The summed E-state index contributed by atoms with van der Waals surface area (Å²) in [5.41, 5.74) is -0.297. The van der Waals surface area contributed by atoms with E-state index in [9.17, 15) is 13.6 Å². The van der Waals surface area contributed by atoms with E-state index in [0.29, 0.717) is 13.0 Å². The minimum absolute atomic E-state index is 0.0443. The summed E-state index contributed by atoms with van der Waals surface area (Å²) >= 11 is 0. The topological polar surface area (TPSA) is 49.3 Å². The van der Waals surface area contributed by atoms with E-state index in [2.05, 4.69) is 5.32 Å². The van der Waals surface area contributed by atoms with E-state index in [4.69, 9.17) is 5.11 Å². The maximum Gasteiger partial charge on any atom is 0.254 e. The van der Waals surface area contributed by atoms with Gasteiger partial charge in [0.05, 0.1) is 5.56 Å². The molecular formula is C13H17F2NO2. The quantitative estimate of drug-likeness (QED) is 0.820. The van der Waals surface area contributed by atoms with Crippen LogP contribution in [0.4, 0.5) is 8.78 Å². The number of aliphatic hydroxyl groups is 1. The van der Waals surface area contributed by atoms with Crippen molar-refractivity contribution in [3.63, 3.8) is 0 Å². The normalized spacial score (nSPS) is 12.2. The van der Waals surface area contributed by atoms with E-state index < -0.39 is 17.5 Å². The number of carbonyl (C=O) groups is 1. The zero-order chi connectivity index (χ0) is 13.5. The molecule has 0 radical (unpaired) electrons. The Morgan fingerprint density at radius 2 is 2.17 bits per heavy atom. The molecule has 0 bridgehead atoms. The zero-order valence-electron chi connectivity index (χ0n) is 10.2. The molecule has 1 aromatic rings. The molecule has 1 amide bonds. The third-order valence-electron chi connectivity index (χ3n) is 2.84. The largest absolute Gasteiger partial charge is 0.396 e. The summed E-state index contributed by atoms with van der Waals surface area (Å²) in [4.78, 5) is 11.7. The van der Waals surface area contributed by atoms with Crippen molar-refractivity contribution in [1.82, 2.24) is 5.32 Å². The number of benzene rings is 1. The summed E-state index contributed by atoms with van der Waals surface area (Å²) in [6, 6.07) is 2.76. The van der Waals surface area contributed by atoms with Crippen molar-refractivity contribution in [2.24, 2.45) is 5.92 Å². The first-order chi connectivity index (χ1) is 8.58. The van der Waals surface area contributed by atoms with Gasteiger partial charge >= 0.3 is 0 Å². The second kappa shape index (κ2) is 7.06. The lowest BCUT2D eigenvalue weighted by Gasteiger charge is -2.14. The van der Waals surface area contributed by atoms with E-state index in [1.165, 1.54) is 0 Å². The monoisotopic (exact) mass is 257 g/mol. The van der Waals surface area contributed by atoms with Crippen molar-refractivity contribution >= 4 is 5.91 Å². The molecule has 0 spiro atoms. The molecule has 1 aromatic carbocycles. The molecule has 0 aromatic heterocycles. The number of carbonyl (C=O) groups excluding carboxylic acids is 1. The van der Waals surface area contributed by atoms with Gasteiger partial charge in [0.25, 0.3) is 5.91 Å². The Morgan fingerprint density at radius 3 is 2.78 bits per heavy atom. The molecule has 3 nitrogen and oxygen atoms in total. The number of rotatable bonds is 6. The van der Waals surface area contributed by atoms with Gasteiger partial charge in [-0.3, -0.25) is 4.79 Å². The van der Waals surface area contributed by atoms with E-state index in [1.807, 2.05) is 6.92 Å². The van der Waals surface area contributed by atoms with Crippen LogP contribution >= 0.6 is 0 Å². The lowest BCUT2D eigenvalue weighted by Crippen LogP contribution is -2.30. The number of hydrogen-bond acceptors (Lipinski definition) is 2. The summed E-state index contributed by atoms with van der Waals surface area (Å²) in [6.45, 7) is 2.32. The van der Waals surface area contributed by atoms with Crippen LogP contribution in [0.3, 0.4) is 0 Å². The van der Waals surface area contributed by atoms with Crippen molar-refractivity contribution in [2.75, 3.05) is 13.2 Å². The molecule has 0 aliphatic carbocycles. The number of nitrogens with one attached hydrogen (secondary N) is 1. The van der Waals surface area contributed by atoms with Crippen LogP contribution < -0.4 is 5.32 Å². The average molecular weight is 257 g/mol. The van der Waals surface area contributed by atoms with E-state index in [1.54, 1.807) is 0 Å². The lowest BCUT2D eigenvalue weighted by molar-refractivity contribution is 0.0939. The molecule has 100 valence electrons. The number of amides is 1. The maximum atomic E-state index is 13.3. The van der Waals surface area contributed by atoms with Gasteiger partial charge in [0.2, 0.25) is 0 Å². The smallest absolute Gasteiger partial charge is 0.254 e. The first-order valence-electron chi connectivity index (χ1n) is 5.92. The molecule has 0 saturated carbocycles. The first-order valence-corrected chi connectivity index (χ1v) is 5.92. The fourth-order valence-electron chi connectivity index (χ4n) is 1.64. The summed E-state index contributed by atoms with van der Waals surface area (Å²) in [5, 5.41) is 11.4. The molecule has 0 heterocycles. The molecule has 0 aliphatic heterocycles. The second-order valence-electron chi connectivity index (χ2n) is 4.12. The summed E-state index contributed by atoms with van der Waals surface area (Å²) < 4.78 is 26.2. The zero-order valence-corrected chi connectivity index (χ0v) is 10.2. The van der Waals surface area contributed by atoms with Gasteiger partial charge in [-0.05, 0) is 30.5 Å². The Hall–Kier alpha value is -1.49. The van der Waals surface area contributed by atoms with Crippen LogP contribution in [0.25, 0.3) is 0 Å². The first kappa shape index (κ1) is 14.6. The molecule has 1 atom stereocenters. The van der Waals surface area contributed by atoms with Crippen LogP contribution in [0.2, 0.25) is 0 Å². The predicted octanol–water partition coefficient (Wildman–Crippen LogP) is 2.10. The molecule has 1 rings (SSSR count). The Kier molecular flexibility index (Phi) is 5.71. The van der Waals surface area contributed by atoms with Gasteiger partial charge in [0.15, 0.2) is 0 Å². The van der Waals surface area contributed by atoms with Gasteiger partial charge in [0, 0.05) is 13.2 Å². The van der Waals surface area contributed by atoms with E-state index in [-0.39, 0.29) is 18.1 Å². The van der Waals surface area contributed by atoms with Crippen molar-refractivity contribution < 1.29 is 18.7 Å². The number of aliphatic hydroxyl groups excluding tert-OH is 1. The van der Waals surface area contributed by atoms with Gasteiger partial charge < -0.3 is 10.4 Å².